The lowest BCUT2D eigenvalue weighted by Crippen LogP contribution is -1.93. The normalized spacial score (nSPS) is 12.8. The van der Waals surface area contributed by atoms with Crippen LogP contribution in [0.2, 0.25) is 0 Å². The highest BCUT2D eigenvalue weighted by Crippen LogP contribution is 2.32. The molecule has 0 bridgehead atoms. The number of aliphatic imine (C=N–C) groups is 1. The summed E-state index contributed by atoms with van der Waals surface area (Å²) in [4.78, 5) is 4.57. The van der Waals surface area contributed by atoms with Crippen molar-refractivity contribution in [1.82, 2.24) is 0 Å². The van der Waals surface area contributed by atoms with Gasteiger partial charge < -0.3 is 9.83 Å². The predicted octanol–water partition coefficient (Wildman–Crippen LogP) is 4.94. The summed E-state index contributed by atoms with van der Waals surface area (Å²) in [7, 11) is 0. The molecule has 104 valence electrons. The van der Waals surface area contributed by atoms with Crippen molar-refractivity contribution in [3.63, 3.8) is 0 Å². The third-order valence-corrected chi connectivity index (χ3v) is 3.48. The van der Waals surface area contributed by atoms with E-state index in [9.17, 15) is 0 Å². The van der Waals surface area contributed by atoms with Gasteiger partial charge in [-0.15, -0.1) is 0 Å². The van der Waals surface area contributed by atoms with Gasteiger partial charge in [0.25, 0.3) is 0 Å². The molecule has 0 amide bonds. The first-order valence-electron chi connectivity index (χ1n) is 6.90. The van der Waals surface area contributed by atoms with Gasteiger partial charge in [-0.2, -0.15) is 0 Å². The van der Waals surface area contributed by atoms with Crippen LogP contribution >= 0.6 is 0 Å². The first kappa shape index (κ1) is 13.3. The summed E-state index contributed by atoms with van der Waals surface area (Å²) < 4.78 is 5.63. The van der Waals surface area contributed by atoms with Gasteiger partial charge in [0.05, 0.1) is 6.21 Å². The molecular formula is C18H16N2O. The Hall–Kier alpha value is -2.68. The van der Waals surface area contributed by atoms with Gasteiger partial charge in [0.1, 0.15) is 11.3 Å². The van der Waals surface area contributed by atoms with Crippen molar-refractivity contribution >= 4 is 29.1 Å². The average molecular weight is 276 g/mol. The van der Waals surface area contributed by atoms with E-state index < -0.39 is 0 Å². The standard InChI is InChI=1S/C18H16N2O/c1-13(14-7-3-2-4-8-14)12-20-18-15-9-5-6-10-16(15)21-17(18)11-19/h2-13,19H,1H3. The van der Waals surface area contributed by atoms with E-state index in [1.54, 1.807) is 0 Å². The van der Waals surface area contributed by atoms with E-state index in [1.165, 1.54) is 11.8 Å². The van der Waals surface area contributed by atoms with E-state index in [2.05, 4.69) is 24.0 Å². The molecule has 1 N–H and O–H groups in total. The van der Waals surface area contributed by atoms with Crippen LogP contribution in [0.4, 0.5) is 5.69 Å². The van der Waals surface area contributed by atoms with Crippen LogP contribution in [0.1, 0.15) is 24.2 Å². The van der Waals surface area contributed by atoms with Gasteiger partial charge in [-0.05, 0) is 17.7 Å². The van der Waals surface area contributed by atoms with Crippen LogP contribution in [-0.4, -0.2) is 12.4 Å². The maximum atomic E-state index is 7.47. The van der Waals surface area contributed by atoms with Crippen LogP contribution in [0, 0.1) is 5.41 Å². The van der Waals surface area contributed by atoms with Gasteiger partial charge in [0, 0.05) is 17.5 Å². The molecule has 0 spiro atoms. The maximum absolute atomic E-state index is 7.47. The Balaban J connectivity index is 1.97. The predicted molar refractivity (Wildman–Crippen MR) is 87.1 cm³/mol. The fraction of sp³-hybridized carbons (Fsp3) is 0.111. The highest BCUT2D eigenvalue weighted by atomic mass is 16.3. The Morgan fingerprint density at radius 1 is 1.05 bits per heavy atom. The molecule has 3 heteroatoms. The van der Waals surface area contributed by atoms with Crippen molar-refractivity contribution in [1.29, 1.82) is 5.41 Å². The molecule has 1 heterocycles. The van der Waals surface area contributed by atoms with Crippen molar-refractivity contribution in [2.75, 3.05) is 0 Å². The maximum Gasteiger partial charge on any atom is 0.171 e. The second kappa shape index (κ2) is 5.75. The SMILES string of the molecule is CC(C=Nc1c(C=N)oc2ccccc12)c1ccccc1. The summed E-state index contributed by atoms with van der Waals surface area (Å²) in [6.07, 6.45) is 3.11. The van der Waals surface area contributed by atoms with Crippen LogP contribution in [0.15, 0.2) is 64.0 Å². The minimum absolute atomic E-state index is 0.207. The first-order valence-corrected chi connectivity index (χ1v) is 6.90. The van der Waals surface area contributed by atoms with Crippen LogP contribution in [0.25, 0.3) is 11.0 Å². The third kappa shape index (κ3) is 2.63. The van der Waals surface area contributed by atoms with Crippen molar-refractivity contribution in [2.45, 2.75) is 12.8 Å². The second-order valence-corrected chi connectivity index (χ2v) is 4.93. The molecule has 0 aliphatic carbocycles. The Morgan fingerprint density at radius 2 is 1.76 bits per heavy atom. The molecule has 1 atom stereocenters. The molecule has 1 aromatic heterocycles. The van der Waals surface area contributed by atoms with Gasteiger partial charge in [-0.3, -0.25) is 4.99 Å². The number of furan rings is 1. The monoisotopic (exact) mass is 276 g/mol. The van der Waals surface area contributed by atoms with Crippen LogP contribution < -0.4 is 0 Å². The van der Waals surface area contributed by atoms with Crippen LogP contribution in [0.3, 0.4) is 0 Å². The van der Waals surface area contributed by atoms with Gasteiger partial charge in [0.15, 0.2) is 5.76 Å². The third-order valence-electron chi connectivity index (χ3n) is 3.48. The second-order valence-electron chi connectivity index (χ2n) is 4.93. The van der Waals surface area contributed by atoms with Gasteiger partial charge in [0.2, 0.25) is 0 Å². The molecule has 0 fully saturated rings. The number of hydrogen-bond donors (Lipinski definition) is 1. The zero-order valence-electron chi connectivity index (χ0n) is 11.8. The Morgan fingerprint density at radius 3 is 2.52 bits per heavy atom. The van der Waals surface area contributed by atoms with Crippen molar-refractivity contribution in [3.05, 3.63) is 65.9 Å². The number of nitrogens with zero attached hydrogens (tertiary/aromatic N) is 1. The fourth-order valence-electron chi connectivity index (χ4n) is 2.31. The molecule has 2 aromatic carbocycles. The van der Waals surface area contributed by atoms with Gasteiger partial charge in [-0.25, -0.2) is 0 Å². The molecule has 3 rings (SSSR count). The van der Waals surface area contributed by atoms with E-state index in [-0.39, 0.29) is 5.92 Å². The molecule has 0 saturated carbocycles. The van der Waals surface area contributed by atoms with E-state index in [0.717, 1.165) is 16.7 Å². The number of para-hydroxylation sites is 1. The molecule has 3 nitrogen and oxygen atoms in total. The first-order chi connectivity index (χ1) is 10.3. The smallest absolute Gasteiger partial charge is 0.171 e. The summed E-state index contributed by atoms with van der Waals surface area (Å²) in [5.41, 5.74) is 2.70. The fourth-order valence-corrected chi connectivity index (χ4v) is 2.31. The molecule has 0 aliphatic rings. The summed E-state index contributed by atoms with van der Waals surface area (Å²) in [6, 6.07) is 17.9. The van der Waals surface area contributed by atoms with E-state index in [0.29, 0.717) is 5.76 Å². The van der Waals surface area contributed by atoms with Gasteiger partial charge >= 0.3 is 0 Å². The number of nitrogens with one attached hydrogen (secondary N) is 1. The highest BCUT2D eigenvalue weighted by molar-refractivity contribution is 5.99. The topological polar surface area (TPSA) is 49.4 Å². The Labute approximate surface area is 123 Å². The number of fused-ring (bicyclic) bond motifs is 1. The zero-order valence-corrected chi connectivity index (χ0v) is 11.8. The lowest BCUT2D eigenvalue weighted by Gasteiger charge is -2.04. The van der Waals surface area contributed by atoms with Crippen LogP contribution in [0.5, 0.6) is 0 Å². The molecule has 0 radical (unpaired) electrons. The summed E-state index contributed by atoms with van der Waals surface area (Å²) in [5, 5.41) is 8.41. The summed E-state index contributed by atoms with van der Waals surface area (Å²) in [5.74, 6) is 0.700. The molecule has 3 aromatic rings. The van der Waals surface area contributed by atoms with Gasteiger partial charge in [-0.1, -0.05) is 49.4 Å². The summed E-state index contributed by atoms with van der Waals surface area (Å²) in [6.45, 7) is 2.10. The molecule has 0 saturated heterocycles. The Bertz CT molecular complexity index is 787. The van der Waals surface area contributed by atoms with E-state index >= 15 is 0 Å². The quantitative estimate of drug-likeness (QED) is 0.674. The summed E-state index contributed by atoms with van der Waals surface area (Å²) >= 11 is 0. The van der Waals surface area contributed by atoms with E-state index in [4.69, 9.17) is 9.83 Å². The van der Waals surface area contributed by atoms with Crippen molar-refractivity contribution < 1.29 is 4.42 Å². The number of rotatable bonds is 4. The number of hydrogen-bond acceptors (Lipinski definition) is 3. The largest absolute Gasteiger partial charge is 0.453 e. The average Bonchev–Trinajstić information content (AvgIpc) is 2.91. The minimum atomic E-state index is 0.207. The van der Waals surface area contributed by atoms with Crippen molar-refractivity contribution in [2.24, 2.45) is 4.99 Å². The van der Waals surface area contributed by atoms with Crippen LogP contribution in [-0.2, 0) is 0 Å². The molecule has 21 heavy (non-hydrogen) atoms. The Kier molecular flexibility index (Phi) is 3.65. The number of benzene rings is 2. The van der Waals surface area contributed by atoms with E-state index in [1.807, 2.05) is 48.7 Å². The molecular weight excluding hydrogens is 260 g/mol. The molecule has 0 aliphatic heterocycles. The zero-order chi connectivity index (χ0) is 14.7. The molecule has 1 unspecified atom stereocenters. The minimum Gasteiger partial charge on any atom is -0.453 e. The van der Waals surface area contributed by atoms with Crippen molar-refractivity contribution in [3.8, 4) is 0 Å². The lowest BCUT2D eigenvalue weighted by molar-refractivity contribution is 0.608. The highest BCUT2D eigenvalue weighted by Gasteiger charge is 2.11. The lowest BCUT2D eigenvalue weighted by atomic mass is 10.0.